The number of aliphatic hydroxyl groups excluding tert-OH is 1. The molecule has 0 amide bonds. The number of fused-ring (bicyclic) bond motifs is 1. The normalized spacial score (nSPS) is 13.6. The molecule has 0 aliphatic carbocycles. The first kappa shape index (κ1) is 19.7. The molecular formula is C20H20FN3O4S. The van der Waals surface area contributed by atoms with E-state index >= 15 is 0 Å². The predicted octanol–water partition coefficient (Wildman–Crippen LogP) is 3.02. The summed E-state index contributed by atoms with van der Waals surface area (Å²) in [5, 5.41) is 19.2. The maximum atomic E-state index is 13.1. The number of hydrogen-bond acceptors (Lipinski definition) is 7. The molecule has 0 fully saturated rings. The molecule has 0 radical (unpaired) electrons. The summed E-state index contributed by atoms with van der Waals surface area (Å²) in [7, 11) is 1.84. The highest BCUT2D eigenvalue weighted by Crippen LogP contribution is 2.32. The standard InChI is InChI=1S/C20H20FN3O4S/c1-24-19(14-3-5-15(21)6-4-14)22-23-20(24)29-11-16(25)10-26-9-13-2-7-17-18(8-13)28-12-27-17/h2-8,16,25H,9-12H2,1H3/t16-/m0/s1. The van der Waals surface area contributed by atoms with Crippen LogP contribution in [0.2, 0.25) is 0 Å². The lowest BCUT2D eigenvalue weighted by Crippen LogP contribution is -2.18. The molecule has 0 saturated carbocycles. The minimum absolute atomic E-state index is 0.199. The molecule has 1 N–H and O–H groups in total. The second kappa shape index (κ2) is 8.81. The lowest BCUT2D eigenvalue weighted by molar-refractivity contribution is 0.0397. The van der Waals surface area contributed by atoms with Crippen LogP contribution in [0.1, 0.15) is 5.56 Å². The van der Waals surface area contributed by atoms with Crippen molar-refractivity contribution in [1.29, 1.82) is 0 Å². The molecule has 7 nitrogen and oxygen atoms in total. The molecule has 0 saturated heterocycles. The zero-order chi connectivity index (χ0) is 20.2. The number of halogens is 1. The van der Waals surface area contributed by atoms with E-state index in [1.54, 1.807) is 12.1 Å². The fraction of sp³-hybridized carbons (Fsp3) is 0.300. The number of benzene rings is 2. The van der Waals surface area contributed by atoms with Crippen molar-refractivity contribution in [2.75, 3.05) is 19.2 Å². The van der Waals surface area contributed by atoms with Gasteiger partial charge in [0.05, 0.1) is 19.3 Å². The molecule has 29 heavy (non-hydrogen) atoms. The first-order valence-electron chi connectivity index (χ1n) is 9.02. The molecule has 1 aliphatic heterocycles. The molecule has 1 aliphatic rings. The smallest absolute Gasteiger partial charge is 0.231 e. The van der Waals surface area contributed by atoms with E-state index < -0.39 is 6.10 Å². The number of thioether (sulfide) groups is 1. The zero-order valence-electron chi connectivity index (χ0n) is 15.7. The van der Waals surface area contributed by atoms with Crippen molar-refractivity contribution in [2.45, 2.75) is 17.9 Å². The third kappa shape index (κ3) is 4.69. The van der Waals surface area contributed by atoms with Gasteiger partial charge in [-0.05, 0) is 42.0 Å². The molecule has 0 spiro atoms. The number of ether oxygens (including phenoxy) is 3. The van der Waals surface area contributed by atoms with Crippen LogP contribution in [0.5, 0.6) is 11.5 Å². The molecule has 0 unspecified atom stereocenters. The van der Waals surface area contributed by atoms with Gasteiger partial charge in [0.25, 0.3) is 0 Å². The maximum absolute atomic E-state index is 13.1. The van der Waals surface area contributed by atoms with Crippen molar-refractivity contribution in [1.82, 2.24) is 14.8 Å². The summed E-state index contributed by atoms with van der Waals surface area (Å²) in [4.78, 5) is 0. The Bertz CT molecular complexity index is 980. The van der Waals surface area contributed by atoms with E-state index in [-0.39, 0.29) is 19.2 Å². The lowest BCUT2D eigenvalue weighted by Gasteiger charge is -2.11. The summed E-state index contributed by atoms with van der Waals surface area (Å²) < 4.78 is 31.1. The summed E-state index contributed by atoms with van der Waals surface area (Å²) in [6, 6.07) is 11.7. The highest BCUT2D eigenvalue weighted by Gasteiger charge is 2.15. The second-order valence-corrected chi connectivity index (χ2v) is 7.53. The number of hydrogen-bond donors (Lipinski definition) is 1. The number of nitrogens with zero attached hydrogens (tertiary/aromatic N) is 3. The fourth-order valence-corrected chi connectivity index (χ4v) is 3.67. The predicted molar refractivity (Wildman–Crippen MR) is 105 cm³/mol. The van der Waals surface area contributed by atoms with Crippen LogP contribution in [0.15, 0.2) is 47.6 Å². The number of rotatable bonds is 8. The van der Waals surface area contributed by atoms with E-state index in [1.807, 2.05) is 29.8 Å². The van der Waals surface area contributed by atoms with Crippen molar-refractivity contribution in [3.63, 3.8) is 0 Å². The third-order valence-electron chi connectivity index (χ3n) is 4.36. The highest BCUT2D eigenvalue weighted by molar-refractivity contribution is 7.99. The topological polar surface area (TPSA) is 78.6 Å². The van der Waals surface area contributed by atoms with Gasteiger partial charge in [0.1, 0.15) is 5.82 Å². The van der Waals surface area contributed by atoms with Gasteiger partial charge in [-0.25, -0.2) is 4.39 Å². The molecule has 1 atom stereocenters. The molecule has 4 rings (SSSR count). The van der Waals surface area contributed by atoms with Crippen molar-refractivity contribution in [2.24, 2.45) is 7.05 Å². The van der Waals surface area contributed by atoms with Crippen molar-refractivity contribution in [3.05, 3.63) is 53.8 Å². The molecule has 2 heterocycles. The van der Waals surface area contributed by atoms with Crippen molar-refractivity contribution in [3.8, 4) is 22.9 Å². The van der Waals surface area contributed by atoms with Gasteiger partial charge in [-0.3, -0.25) is 0 Å². The summed E-state index contributed by atoms with van der Waals surface area (Å²) in [5.41, 5.74) is 1.73. The summed E-state index contributed by atoms with van der Waals surface area (Å²) in [5.74, 6) is 2.20. The Balaban J connectivity index is 1.25. The number of aromatic nitrogens is 3. The Hall–Kier alpha value is -2.62. The van der Waals surface area contributed by atoms with Crippen LogP contribution in [-0.4, -0.2) is 45.1 Å². The molecule has 0 bridgehead atoms. The Morgan fingerprint density at radius 1 is 1.17 bits per heavy atom. The summed E-state index contributed by atoms with van der Waals surface area (Å²) >= 11 is 1.39. The van der Waals surface area contributed by atoms with E-state index in [4.69, 9.17) is 14.2 Å². The van der Waals surface area contributed by atoms with Crippen LogP contribution < -0.4 is 9.47 Å². The van der Waals surface area contributed by atoms with Crippen LogP contribution >= 0.6 is 11.8 Å². The Morgan fingerprint density at radius 2 is 1.97 bits per heavy atom. The van der Waals surface area contributed by atoms with Gasteiger partial charge in [0.15, 0.2) is 22.5 Å². The van der Waals surface area contributed by atoms with Gasteiger partial charge in [0.2, 0.25) is 6.79 Å². The largest absolute Gasteiger partial charge is 0.454 e. The first-order chi connectivity index (χ1) is 14.1. The van der Waals surface area contributed by atoms with Gasteiger partial charge in [-0.15, -0.1) is 10.2 Å². The molecule has 9 heteroatoms. The van der Waals surface area contributed by atoms with Crippen LogP contribution in [0.25, 0.3) is 11.4 Å². The quantitative estimate of drug-likeness (QED) is 0.565. The van der Waals surface area contributed by atoms with E-state index in [0.29, 0.717) is 29.1 Å². The Kier molecular flexibility index (Phi) is 5.98. The molecular weight excluding hydrogens is 397 g/mol. The summed E-state index contributed by atoms with van der Waals surface area (Å²) in [6.07, 6.45) is -0.653. The zero-order valence-corrected chi connectivity index (χ0v) is 16.6. The van der Waals surface area contributed by atoms with E-state index in [0.717, 1.165) is 16.9 Å². The minimum atomic E-state index is -0.653. The van der Waals surface area contributed by atoms with Gasteiger partial charge in [-0.2, -0.15) is 0 Å². The molecule has 2 aromatic carbocycles. The van der Waals surface area contributed by atoms with Crippen molar-refractivity contribution >= 4 is 11.8 Å². The number of aliphatic hydroxyl groups is 1. The molecule has 152 valence electrons. The SMILES string of the molecule is Cn1c(SC[C@@H](O)COCc2ccc3c(c2)OCO3)nnc1-c1ccc(F)cc1. The Labute approximate surface area is 171 Å². The van der Waals surface area contributed by atoms with E-state index in [9.17, 15) is 9.50 Å². The van der Waals surface area contributed by atoms with Gasteiger partial charge in [0, 0.05) is 18.4 Å². The third-order valence-corrected chi connectivity index (χ3v) is 5.52. The average Bonchev–Trinajstić information content (AvgIpc) is 3.33. The monoisotopic (exact) mass is 417 g/mol. The van der Waals surface area contributed by atoms with Gasteiger partial charge < -0.3 is 23.9 Å². The van der Waals surface area contributed by atoms with Crippen LogP contribution in [0.4, 0.5) is 4.39 Å². The first-order valence-corrected chi connectivity index (χ1v) is 10.0. The molecule has 1 aromatic heterocycles. The van der Waals surface area contributed by atoms with Crippen LogP contribution in [0, 0.1) is 5.82 Å². The minimum Gasteiger partial charge on any atom is -0.454 e. The summed E-state index contributed by atoms with van der Waals surface area (Å²) in [6.45, 7) is 0.807. The highest BCUT2D eigenvalue weighted by atomic mass is 32.2. The van der Waals surface area contributed by atoms with E-state index in [2.05, 4.69) is 10.2 Å². The van der Waals surface area contributed by atoms with Crippen LogP contribution in [-0.2, 0) is 18.4 Å². The van der Waals surface area contributed by atoms with Gasteiger partial charge >= 0.3 is 0 Å². The lowest BCUT2D eigenvalue weighted by atomic mass is 10.2. The molecule has 3 aromatic rings. The van der Waals surface area contributed by atoms with E-state index in [1.165, 1.54) is 23.9 Å². The van der Waals surface area contributed by atoms with Crippen LogP contribution in [0.3, 0.4) is 0 Å². The fourth-order valence-electron chi connectivity index (χ4n) is 2.85. The van der Waals surface area contributed by atoms with Crippen molar-refractivity contribution < 1.29 is 23.7 Å². The van der Waals surface area contributed by atoms with Gasteiger partial charge in [-0.1, -0.05) is 17.8 Å². The second-order valence-electron chi connectivity index (χ2n) is 6.54. The average molecular weight is 417 g/mol. The maximum Gasteiger partial charge on any atom is 0.231 e. The Morgan fingerprint density at radius 3 is 2.79 bits per heavy atom.